The Labute approximate surface area is 170 Å². The first-order chi connectivity index (χ1) is 13.5. The van der Waals surface area contributed by atoms with Gasteiger partial charge in [-0.2, -0.15) is 0 Å². The summed E-state index contributed by atoms with van der Waals surface area (Å²) in [5, 5.41) is 9.25. The molecule has 2 aromatic heterocycles. The fraction of sp³-hybridized carbons (Fsp3) is 0.619. The van der Waals surface area contributed by atoms with Gasteiger partial charge in [0, 0.05) is 48.0 Å². The third-order valence-corrected chi connectivity index (χ3v) is 7.28. The van der Waals surface area contributed by atoms with E-state index in [0.29, 0.717) is 6.04 Å². The van der Waals surface area contributed by atoms with Gasteiger partial charge in [-0.15, -0.1) is 11.3 Å². The minimum atomic E-state index is 0.0947. The summed E-state index contributed by atoms with van der Waals surface area (Å²) in [5.41, 5.74) is 4.30. The Morgan fingerprint density at radius 2 is 2.25 bits per heavy atom. The van der Waals surface area contributed by atoms with Crippen LogP contribution < -0.4 is 5.32 Å². The number of nitrogens with one attached hydrogen (secondary N) is 1. The average molecular weight is 403 g/mol. The summed E-state index contributed by atoms with van der Waals surface area (Å²) < 4.78 is 5.29. The number of likely N-dealkylation sites (tertiary alicyclic amines) is 1. The minimum Gasteiger partial charge on any atom is -0.361 e. The molecule has 0 aromatic carbocycles. The summed E-state index contributed by atoms with van der Waals surface area (Å²) in [7, 11) is 2.18. The van der Waals surface area contributed by atoms with Gasteiger partial charge in [0.2, 0.25) is 0 Å². The van der Waals surface area contributed by atoms with E-state index >= 15 is 0 Å². The zero-order chi connectivity index (χ0) is 19.7. The molecule has 2 aromatic rings. The highest BCUT2D eigenvalue weighted by molar-refractivity contribution is 7.10. The summed E-state index contributed by atoms with van der Waals surface area (Å²) in [6.07, 6.45) is 4.49. The lowest BCUT2D eigenvalue weighted by atomic mass is 10.0. The second-order valence-corrected chi connectivity index (χ2v) is 9.10. The number of rotatable bonds is 6. The lowest BCUT2D eigenvalue weighted by molar-refractivity contribution is 0.0949. The molecule has 1 amide bonds. The quantitative estimate of drug-likeness (QED) is 0.804. The molecule has 28 heavy (non-hydrogen) atoms. The van der Waals surface area contributed by atoms with Crippen molar-refractivity contribution in [2.24, 2.45) is 0 Å². The topological polar surface area (TPSA) is 61.6 Å². The molecule has 6 nitrogen and oxygen atoms in total. The van der Waals surface area contributed by atoms with E-state index < -0.39 is 0 Å². The zero-order valence-corrected chi connectivity index (χ0v) is 17.9. The van der Waals surface area contributed by atoms with Gasteiger partial charge in [-0.1, -0.05) is 5.16 Å². The van der Waals surface area contributed by atoms with Crippen molar-refractivity contribution in [3.63, 3.8) is 0 Å². The first-order valence-electron chi connectivity index (χ1n) is 10.2. The second-order valence-electron chi connectivity index (χ2n) is 8.14. The van der Waals surface area contributed by atoms with E-state index in [1.807, 2.05) is 19.2 Å². The summed E-state index contributed by atoms with van der Waals surface area (Å²) in [6, 6.07) is 0.620. The number of nitrogens with zero attached hydrogens (tertiary/aromatic N) is 3. The Kier molecular flexibility index (Phi) is 5.85. The highest BCUT2D eigenvalue weighted by atomic mass is 32.1. The van der Waals surface area contributed by atoms with Crippen molar-refractivity contribution < 1.29 is 9.32 Å². The van der Waals surface area contributed by atoms with E-state index in [-0.39, 0.29) is 5.91 Å². The van der Waals surface area contributed by atoms with Crippen LogP contribution in [0.3, 0.4) is 0 Å². The third-order valence-electron chi connectivity index (χ3n) is 6.27. The van der Waals surface area contributed by atoms with Gasteiger partial charge in [-0.25, -0.2) is 0 Å². The monoisotopic (exact) mass is 402 g/mol. The lowest BCUT2D eigenvalue weighted by Gasteiger charge is -2.27. The Morgan fingerprint density at radius 1 is 1.39 bits per heavy atom. The molecule has 0 radical (unpaired) electrons. The first-order valence-corrected chi connectivity index (χ1v) is 11.1. The van der Waals surface area contributed by atoms with Gasteiger partial charge in [0.1, 0.15) is 5.76 Å². The number of hydrogen-bond donors (Lipinski definition) is 1. The van der Waals surface area contributed by atoms with Crippen molar-refractivity contribution in [3.05, 3.63) is 38.4 Å². The molecule has 1 unspecified atom stereocenters. The molecule has 152 valence electrons. The maximum Gasteiger partial charge on any atom is 0.252 e. The fourth-order valence-electron chi connectivity index (χ4n) is 4.45. The van der Waals surface area contributed by atoms with Crippen LogP contribution in [0.4, 0.5) is 0 Å². The van der Waals surface area contributed by atoms with Gasteiger partial charge >= 0.3 is 0 Å². The lowest BCUT2D eigenvalue weighted by Crippen LogP contribution is -2.33. The first kappa shape index (κ1) is 19.6. The van der Waals surface area contributed by atoms with E-state index in [9.17, 15) is 4.79 Å². The van der Waals surface area contributed by atoms with E-state index in [0.717, 1.165) is 56.0 Å². The molecule has 4 rings (SSSR count). The molecule has 2 aliphatic heterocycles. The number of thiophene rings is 1. The molecule has 7 heteroatoms. The molecule has 4 heterocycles. The largest absolute Gasteiger partial charge is 0.361 e. The maximum absolute atomic E-state index is 12.7. The van der Waals surface area contributed by atoms with Gasteiger partial charge < -0.3 is 14.7 Å². The number of carbonyl (C=O) groups excluding carboxylic acids is 1. The Morgan fingerprint density at radius 3 is 2.96 bits per heavy atom. The van der Waals surface area contributed by atoms with Crippen LogP contribution in [0, 0.1) is 13.8 Å². The van der Waals surface area contributed by atoms with E-state index in [1.165, 1.54) is 35.4 Å². The molecular weight excluding hydrogens is 372 g/mol. The van der Waals surface area contributed by atoms with Crippen molar-refractivity contribution in [2.45, 2.75) is 58.7 Å². The minimum absolute atomic E-state index is 0.0947. The molecule has 1 N–H and O–H groups in total. The summed E-state index contributed by atoms with van der Waals surface area (Å²) >= 11 is 1.71. The summed E-state index contributed by atoms with van der Waals surface area (Å²) in [5.74, 6) is 1.000. The molecule has 0 saturated carbocycles. The maximum atomic E-state index is 12.7. The highest BCUT2D eigenvalue weighted by Crippen LogP contribution is 2.30. The van der Waals surface area contributed by atoms with Crippen LogP contribution >= 0.6 is 11.3 Å². The number of aryl methyl sites for hydroxylation is 2. The van der Waals surface area contributed by atoms with E-state index in [4.69, 9.17) is 4.52 Å². The molecule has 0 aliphatic carbocycles. The summed E-state index contributed by atoms with van der Waals surface area (Å²) in [4.78, 5) is 18.9. The molecule has 2 aliphatic rings. The van der Waals surface area contributed by atoms with Crippen molar-refractivity contribution >= 4 is 17.2 Å². The standard InChI is InChI=1S/C21H30N4O2S/c1-14-18(15(2)27-23-14)11-25-10-7-17-19(13-28-20(17)12-25)21(26)22-8-6-16-5-4-9-24(16)3/h13,16H,4-12H2,1-3H3,(H,22,26). The predicted molar refractivity (Wildman–Crippen MR) is 111 cm³/mol. The molecule has 1 saturated heterocycles. The van der Waals surface area contributed by atoms with Gasteiger partial charge in [-0.05, 0) is 58.7 Å². The third kappa shape index (κ3) is 4.02. The molecule has 1 atom stereocenters. The van der Waals surface area contributed by atoms with Crippen LogP contribution in [0.5, 0.6) is 0 Å². The second kappa shape index (κ2) is 8.35. The van der Waals surface area contributed by atoms with Gasteiger partial charge in [0.25, 0.3) is 5.91 Å². The zero-order valence-electron chi connectivity index (χ0n) is 17.1. The van der Waals surface area contributed by atoms with Gasteiger partial charge in [0.05, 0.1) is 11.3 Å². The van der Waals surface area contributed by atoms with Crippen LogP contribution in [0.25, 0.3) is 0 Å². The van der Waals surface area contributed by atoms with Crippen molar-refractivity contribution in [1.29, 1.82) is 0 Å². The SMILES string of the molecule is Cc1noc(C)c1CN1CCc2c(C(=O)NCCC3CCCN3C)csc2C1. The summed E-state index contributed by atoms with van der Waals surface area (Å²) in [6.45, 7) is 8.62. The molecule has 0 bridgehead atoms. The van der Waals surface area contributed by atoms with E-state index in [2.05, 4.69) is 27.3 Å². The normalized spacial score (nSPS) is 20.5. The van der Waals surface area contributed by atoms with Crippen LogP contribution in [0.1, 0.15) is 57.1 Å². The Balaban J connectivity index is 1.33. The Hall–Kier alpha value is -1.70. The Bertz CT molecular complexity index is 824. The number of fused-ring (bicyclic) bond motifs is 1. The fourth-order valence-corrected chi connectivity index (χ4v) is 5.57. The number of amides is 1. The van der Waals surface area contributed by atoms with Gasteiger partial charge in [0.15, 0.2) is 0 Å². The smallest absolute Gasteiger partial charge is 0.252 e. The van der Waals surface area contributed by atoms with Crippen LogP contribution in [-0.2, 0) is 19.5 Å². The van der Waals surface area contributed by atoms with Crippen molar-refractivity contribution in [2.75, 3.05) is 26.7 Å². The van der Waals surface area contributed by atoms with Crippen LogP contribution in [0.2, 0.25) is 0 Å². The molecular formula is C21H30N4O2S. The predicted octanol–water partition coefficient (Wildman–Crippen LogP) is 3.13. The van der Waals surface area contributed by atoms with E-state index in [1.54, 1.807) is 11.3 Å². The van der Waals surface area contributed by atoms with Crippen LogP contribution in [0.15, 0.2) is 9.90 Å². The highest BCUT2D eigenvalue weighted by Gasteiger charge is 2.26. The number of carbonyl (C=O) groups is 1. The van der Waals surface area contributed by atoms with Crippen molar-refractivity contribution in [1.82, 2.24) is 20.3 Å². The number of aromatic nitrogens is 1. The van der Waals surface area contributed by atoms with Crippen molar-refractivity contribution in [3.8, 4) is 0 Å². The van der Waals surface area contributed by atoms with Gasteiger partial charge in [-0.3, -0.25) is 9.69 Å². The number of hydrogen-bond acceptors (Lipinski definition) is 6. The molecule has 0 spiro atoms. The van der Waals surface area contributed by atoms with Crippen LogP contribution in [-0.4, -0.2) is 53.6 Å². The molecule has 1 fully saturated rings. The average Bonchev–Trinajstić information content (AvgIpc) is 3.37.